The van der Waals surface area contributed by atoms with Crippen molar-refractivity contribution in [3.05, 3.63) is 18.3 Å². The zero-order chi connectivity index (χ0) is 14.3. The van der Waals surface area contributed by atoms with E-state index in [1.165, 1.54) is 13.3 Å². The molecule has 0 unspecified atom stereocenters. The normalized spacial score (nSPS) is 11.5. The van der Waals surface area contributed by atoms with Crippen LogP contribution >= 0.6 is 0 Å². The van der Waals surface area contributed by atoms with Crippen molar-refractivity contribution in [1.29, 1.82) is 0 Å². The summed E-state index contributed by atoms with van der Waals surface area (Å²) in [6.45, 7) is 1.85. The summed E-state index contributed by atoms with van der Waals surface area (Å²) in [6.07, 6.45) is 2.47. The Bertz CT molecular complexity index is 433. The van der Waals surface area contributed by atoms with Crippen LogP contribution in [0.15, 0.2) is 18.3 Å². The molecule has 0 bridgehead atoms. The number of anilines is 1. The second-order valence-electron chi connectivity index (χ2n) is 3.87. The van der Waals surface area contributed by atoms with Crippen molar-refractivity contribution in [1.82, 2.24) is 10.3 Å². The number of aromatic nitrogens is 1. The first-order valence-corrected chi connectivity index (χ1v) is 5.87. The van der Waals surface area contributed by atoms with Gasteiger partial charge in [0, 0.05) is 6.07 Å². The lowest BCUT2D eigenvalue weighted by atomic mass is 10.2. The summed E-state index contributed by atoms with van der Waals surface area (Å²) in [7, 11) is 1.49. The number of aliphatic carboxylic acids is 1. The van der Waals surface area contributed by atoms with E-state index >= 15 is 0 Å². The molecule has 104 valence electrons. The average Bonchev–Trinajstić information content (AvgIpc) is 2.39. The smallest absolute Gasteiger partial charge is 0.326 e. The number of ether oxygens (including phenoxy) is 1. The lowest BCUT2D eigenvalue weighted by Gasteiger charge is -2.14. The third kappa shape index (κ3) is 4.82. The van der Waals surface area contributed by atoms with Crippen molar-refractivity contribution >= 4 is 17.7 Å². The number of urea groups is 1. The van der Waals surface area contributed by atoms with Crippen LogP contribution in [0.1, 0.15) is 19.8 Å². The lowest BCUT2D eigenvalue weighted by Crippen LogP contribution is -2.42. The van der Waals surface area contributed by atoms with E-state index in [0.29, 0.717) is 24.4 Å². The van der Waals surface area contributed by atoms with Gasteiger partial charge in [-0.1, -0.05) is 13.3 Å². The highest BCUT2D eigenvalue weighted by Gasteiger charge is 2.18. The van der Waals surface area contributed by atoms with Crippen molar-refractivity contribution in [2.45, 2.75) is 25.8 Å². The molecule has 0 radical (unpaired) electrons. The van der Waals surface area contributed by atoms with Crippen LogP contribution in [0, 0.1) is 0 Å². The second-order valence-corrected chi connectivity index (χ2v) is 3.87. The van der Waals surface area contributed by atoms with Gasteiger partial charge in [-0.05, 0) is 12.5 Å². The molecule has 0 saturated heterocycles. The van der Waals surface area contributed by atoms with E-state index in [1.807, 2.05) is 6.92 Å². The third-order valence-electron chi connectivity index (χ3n) is 2.38. The minimum Gasteiger partial charge on any atom is -0.481 e. The number of carboxylic acids is 1. The molecular weight excluding hydrogens is 250 g/mol. The van der Waals surface area contributed by atoms with E-state index in [2.05, 4.69) is 15.6 Å². The van der Waals surface area contributed by atoms with Crippen LogP contribution in [0.4, 0.5) is 10.5 Å². The van der Waals surface area contributed by atoms with Crippen LogP contribution in [-0.2, 0) is 4.79 Å². The molecule has 2 amide bonds. The number of hydrogen-bond donors (Lipinski definition) is 3. The minimum absolute atomic E-state index is 0.379. The standard InChI is InChI=1S/C12H17N3O4/c1-3-4-9(11(16)17)15-12(18)14-8-5-6-10(19-2)13-7-8/h5-7,9H,3-4H2,1-2H3,(H,16,17)(H2,14,15,18)/t9-/m0/s1. The molecule has 0 aliphatic carbocycles. The Labute approximate surface area is 111 Å². The summed E-state index contributed by atoms with van der Waals surface area (Å²) >= 11 is 0. The maximum Gasteiger partial charge on any atom is 0.326 e. The van der Waals surface area contributed by atoms with Crippen LogP contribution in [0.25, 0.3) is 0 Å². The Balaban J connectivity index is 2.55. The molecule has 0 fully saturated rings. The maximum atomic E-state index is 11.6. The monoisotopic (exact) mass is 267 g/mol. The SMILES string of the molecule is CCC[C@H](NC(=O)Nc1ccc(OC)nc1)C(=O)O. The summed E-state index contributed by atoms with van der Waals surface area (Å²) in [5.74, 6) is -0.620. The summed E-state index contributed by atoms with van der Waals surface area (Å²) in [5.41, 5.74) is 0.457. The van der Waals surface area contributed by atoms with Gasteiger partial charge in [-0.15, -0.1) is 0 Å². The Morgan fingerprint density at radius 2 is 2.21 bits per heavy atom. The number of hydrogen-bond acceptors (Lipinski definition) is 4. The fourth-order valence-corrected chi connectivity index (χ4v) is 1.45. The van der Waals surface area contributed by atoms with Gasteiger partial charge in [0.2, 0.25) is 5.88 Å². The molecule has 7 heteroatoms. The highest BCUT2D eigenvalue weighted by molar-refractivity contribution is 5.92. The first kappa shape index (κ1) is 14.7. The number of nitrogens with zero attached hydrogens (tertiary/aromatic N) is 1. The Morgan fingerprint density at radius 1 is 1.47 bits per heavy atom. The molecule has 0 aliphatic heterocycles. The molecule has 0 aromatic carbocycles. The van der Waals surface area contributed by atoms with Gasteiger partial charge in [0.05, 0.1) is 19.0 Å². The first-order chi connectivity index (χ1) is 9.06. The van der Waals surface area contributed by atoms with Gasteiger partial charge in [-0.25, -0.2) is 14.6 Å². The predicted molar refractivity (Wildman–Crippen MR) is 69.3 cm³/mol. The molecule has 0 spiro atoms. The van der Waals surface area contributed by atoms with Crippen LogP contribution in [0.5, 0.6) is 5.88 Å². The fraction of sp³-hybridized carbons (Fsp3) is 0.417. The van der Waals surface area contributed by atoms with E-state index in [4.69, 9.17) is 9.84 Å². The fourth-order valence-electron chi connectivity index (χ4n) is 1.45. The molecule has 7 nitrogen and oxygen atoms in total. The molecule has 1 heterocycles. The molecule has 1 rings (SSSR count). The van der Waals surface area contributed by atoms with Gasteiger partial charge in [-0.3, -0.25) is 0 Å². The quantitative estimate of drug-likeness (QED) is 0.724. The Kier molecular flexibility index (Phi) is 5.59. The van der Waals surface area contributed by atoms with Gasteiger partial charge < -0.3 is 20.5 Å². The van der Waals surface area contributed by atoms with E-state index in [1.54, 1.807) is 12.1 Å². The van der Waals surface area contributed by atoms with Crippen LogP contribution in [-0.4, -0.2) is 35.2 Å². The van der Waals surface area contributed by atoms with Crippen LogP contribution in [0.3, 0.4) is 0 Å². The molecule has 1 atom stereocenters. The van der Waals surface area contributed by atoms with Crippen molar-refractivity contribution in [3.8, 4) is 5.88 Å². The number of rotatable bonds is 6. The summed E-state index contributed by atoms with van der Waals surface area (Å²) in [4.78, 5) is 26.4. The Hall–Kier alpha value is -2.31. The van der Waals surface area contributed by atoms with Gasteiger partial charge in [-0.2, -0.15) is 0 Å². The lowest BCUT2D eigenvalue weighted by molar-refractivity contribution is -0.139. The predicted octanol–water partition coefficient (Wildman–Crippen LogP) is 1.46. The van der Waals surface area contributed by atoms with E-state index in [9.17, 15) is 9.59 Å². The average molecular weight is 267 g/mol. The summed E-state index contributed by atoms with van der Waals surface area (Å²) in [5, 5.41) is 13.8. The van der Waals surface area contributed by atoms with Gasteiger partial charge in [0.15, 0.2) is 0 Å². The minimum atomic E-state index is -1.05. The van der Waals surface area contributed by atoms with Gasteiger partial charge in [0.25, 0.3) is 0 Å². The molecule has 0 saturated carbocycles. The van der Waals surface area contributed by atoms with Crippen LogP contribution in [0.2, 0.25) is 0 Å². The molecule has 0 aliphatic rings. The van der Waals surface area contributed by atoms with Crippen LogP contribution < -0.4 is 15.4 Å². The summed E-state index contributed by atoms with van der Waals surface area (Å²) < 4.78 is 4.88. The number of pyridine rings is 1. The zero-order valence-corrected chi connectivity index (χ0v) is 10.8. The molecule has 3 N–H and O–H groups in total. The first-order valence-electron chi connectivity index (χ1n) is 5.87. The number of carboxylic acid groups (broad SMARTS) is 1. The van der Waals surface area contributed by atoms with Crippen molar-refractivity contribution in [2.24, 2.45) is 0 Å². The zero-order valence-electron chi connectivity index (χ0n) is 10.8. The second kappa shape index (κ2) is 7.20. The van der Waals surface area contributed by atoms with Gasteiger partial charge in [0.1, 0.15) is 6.04 Å². The number of nitrogens with one attached hydrogen (secondary N) is 2. The van der Waals surface area contributed by atoms with E-state index < -0.39 is 18.0 Å². The number of carbonyl (C=O) groups excluding carboxylic acids is 1. The molecule has 19 heavy (non-hydrogen) atoms. The number of carbonyl (C=O) groups is 2. The van der Waals surface area contributed by atoms with E-state index in [0.717, 1.165) is 0 Å². The maximum absolute atomic E-state index is 11.6. The molecule has 1 aromatic heterocycles. The van der Waals surface area contributed by atoms with Crippen molar-refractivity contribution in [2.75, 3.05) is 12.4 Å². The highest BCUT2D eigenvalue weighted by atomic mass is 16.5. The topological polar surface area (TPSA) is 101 Å². The van der Waals surface area contributed by atoms with Gasteiger partial charge >= 0.3 is 12.0 Å². The Morgan fingerprint density at radius 3 is 2.68 bits per heavy atom. The number of amides is 2. The molecular formula is C12H17N3O4. The largest absolute Gasteiger partial charge is 0.481 e. The third-order valence-corrected chi connectivity index (χ3v) is 2.38. The van der Waals surface area contributed by atoms with Crippen molar-refractivity contribution < 1.29 is 19.4 Å². The number of methoxy groups -OCH3 is 1. The molecule has 1 aromatic rings. The highest BCUT2D eigenvalue weighted by Crippen LogP contribution is 2.10. The van der Waals surface area contributed by atoms with Crippen molar-refractivity contribution in [3.63, 3.8) is 0 Å². The summed E-state index contributed by atoms with van der Waals surface area (Å²) in [6, 6.07) is 1.74. The van der Waals surface area contributed by atoms with E-state index in [-0.39, 0.29) is 0 Å².